The van der Waals surface area contributed by atoms with Crippen LogP contribution in [0.3, 0.4) is 0 Å². The van der Waals surface area contributed by atoms with Crippen LogP contribution in [-0.2, 0) is 34.0 Å². The van der Waals surface area contributed by atoms with Crippen LogP contribution in [0.1, 0.15) is 29.5 Å². The maximum absolute atomic E-state index is 11.9. The van der Waals surface area contributed by atoms with Crippen LogP contribution in [0.25, 0.3) is 0 Å². The van der Waals surface area contributed by atoms with Gasteiger partial charge in [0, 0.05) is 30.7 Å². The molecule has 1 amide bonds. The number of carbonyl (C=O) groups excluding carboxylic acids is 1. The molecule has 3 N–H and O–H groups in total. The highest BCUT2D eigenvalue weighted by atomic mass is 79.9. The Kier molecular flexibility index (Phi) is 13.5. The number of nitrogens with one attached hydrogen (secondary N) is 2. The summed E-state index contributed by atoms with van der Waals surface area (Å²) in [6, 6.07) is 20.4. The van der Waals surface area contributed by atoms with Gasteiger partial charge in [-0.3, -0.25) is 25.0 Å². The van der Waals surface area contributed by atoms with Gasteiger partial charge in [0.25, 0.3) is 11.4 Å². The van der Waals surface area contributed by atoms with Crippen LogP contribution >= 0.6 is 17.0 Å². The van der Waals surface area contributed by atoms with Crippen molar-refractivity contribution in [3.8, 4) is 0 Å². The quantitative estimate of drug-likeness (QED) is 0.205. The highest BCUT2D eigenvalue weighted by Crippen LogP contribution is 2.15. The number of benzene rings is 3. The number of rotatable bonds is 11. The van der Waals surface area contributed by atoms with Crippen LogP contribution in [-0.4, -0.2) is 45.5 Å². The van der Waals surface area contributed by atoms with Crippen LogP contribution < -0.4 is 10.6 Å². The van der Waals surface area contributed by atoms with Gasteiger partial charge in [-0.15, -0.1) is 17.0 Å². The molecule has 1 fully saturated rings. The van der Waals surface area contributed by atoms with Crippen molar-refractivity contribution >= 4 is 40.2 Å². The molecule has 0 saturated carbocycles. The van der Waals surface area contributed by atoms with Gasteiger partial charge in [-0.25, -0.2) is 4.79 Å². The van der Waals surface area contributed by atoms with Gasteiger partial charge < -0.3 is 20.5 Å². The Labute approximate surface area is 246 Å². The van der Waals surface area contributed by atoms with E-state index < -0.39 is 21.9 Å². The molecule has 12 nitrogen and oxygen atoms in total. The molecular weight excluding hydrogens is 600 g/mol. The molecule has 0 bridgehead atoms. The molecule has 0 spiro atoms. The Bertz CT molecular complexity index is 1230. The predicted octanol–water partition coefficient (Wildman–Crippen LogP) is 4.35. The number of carboxylic acid groups (broad SMARTS) is 1. The number of nitrogens with zero attached hydrogens (tertiary/aromatic N) is 2. The maximum Gasteiger partial charge on any atom is 0.326 e. The number of halogens is 1. The van der Waals surface area contributed by atoms with Gasteiger partial charge in [-0.2, -0.15) is 0 Å². The number of ether oxygens (including phenoxy) is 1. The summed E-state index contributed by atoms with van der Waals surface area (Å²) in [7, 11) is 0. The summed E-state index contributed by atoms with van der Waals surface area (Å²) in [6.45, 7) is 1.44. The Morgan fingerprint density at radius 2 is 1.39 bits per heavy atom. The highest BCUT2D eigenvalue weighted by molar-refractivity contribution is 8.93. The van der Waals surface area contributed by atoms with Crippen molar-refractivity contribution < 1.29 is 29.3 Å². The van der Waals surface area contributed by atoms with Gasteiger partial charge in [0.05, 0.1) is 29.1 Å². The number of hydrogen-bond acceptors (Lipinski definition) is 8. The second-order valence-electron chi connectivity index (χ2n) is 9.08. The first kappa shape index (κ1) is 33.0. The molecule has 1 heterocycles. The Hall–Kier alpha value is -4.20. The summed E-state index contributed by atoms with van der Waals surface area (Å²) >= 11 is 0. The zero-order valence-electron chi connectivity index (χ0n) is 22.0. The van der Waals surface area contributed by atoms with Gasteiger partial charge in [0.2, 0.25) is 5.91 Å². The zero-order chi connectivity index (χ0) is 28.9. The van der Waals surface area contributed by atoms with Crippen LogP contribution in [0.15, 0.2) is 78.9 Å². The number of nitro benzene ring substituents is 2. The smallest absolute Gasteiger partial charge is 0.326 e. The molecule has 13 heteroatoms. The van der Waals surface area contributed by atoms with Gasteiger partial charge >= 0.3 is 5.97 Å². The van der Waals surface area contributed by atoms with Crippen LogP contribution in [0.5, 0.6) is 0 Å². The molecule has 0 radical (unpaired) electrons. The fourth-order valence-corrected chi connectivity index (χ4v) is 3.95. The summed E-state index contributed by atoms with van der Waals surface area (Å²) in [4.78, 5) is 43.2. The van der Waals surface area contributed by atoms with Gasteiger partial charge in [-0.1, -0.05) is 30.3 Å². The first-order valence-electron chi connectivity index (χ1n) is 12.6. The number of amides is 1. The minimum absolute atomic E-state index is 0. The van der Waals surface area contributed by atoms with E-state index in [0.717, 1.165) is 36.1 Å². The van der Waals surface area contributed by atoms with Crippen molar-refractivity contribution in [2.75, 3.05) is 6.54 Å². The molecule has 41 heavy (non-hydrogen) atoms. The van der Waals surface area contributed by atoms with E-state index in [1.165, 1.54) is 24.3 Å². The van der Waals surface area contributed by atoms with E-state index in [-0.39, 0.29) is 40.3 Å². The Balaban J connectivity index is 0.000000281. The predicted molar refractivity (Wildman–Crippen MR) is 156 cm³/mol. The van der Waals surface area contributed by atoms with Crippen molar-refractivity contribution in [3.05, 3.63) is 116 Å². The summed E-state index contributed by atoms with van der Waals surface area (Å²) in [5, 5.41) is 35.9. The summed E-state index contributed by atoms with van der Waals surface area (Å²) in [5.41, 5.74) is 2.61. The standard InChI is InChI=1S/C14H12N2O5.C14H18N2O3.BrH/c17-15(18)13-5-1-11(2-6-13)9-21-10-12-3-7-14(8-4-12)16(19)20;17-13(11-7-4-8-15-11)16-12(14(18)19)9-10-5-2-1-3-6-10;/h1-8H,9-10H2;1-3,5-6,11-12,15H,4,7-9H2,(H,16,17)(H,18,19);1H/t;11-,12-;/m.0./s1. The van der Waals surface area contributed by atoms with Gasteiger partial charge in [0.15, 0.2) is 0 Å². The van der Waals surface area contributed by atoms with Crippen LogP contribution in [0.4, 0.5) is 11.4 Å². The number of carboxylic acids is 1. The van der Waals surface area contributed by atoms with Crippen molar-refractivity contribution in [1.29, 1.82) is 0 Å². The first-order valence-corrected chi connectivity index (χ1v) is 12.6. The lowest BCUT2D eigenvalue weighted by Crippen LogP contribution is -2.49. The van der Waals surface area contributed by atoms with Crippen LogP contribution in [0, 0.1) is 20.2 Å². The fraction of sp³-hybridized carbons (Fsp3) is 0.286. The fourth-order valence-electron chi connectivity index (χ4n) is 3.95. The van der Waals surface area contributed by atoms with Crippen LogP contribution in [0.2, 0.25) is 0 Å². The number of non-ortho nitro benzene ring substituents is 2. The summed E-state index contributed by atoms with van der Waals surface area (Å²) < 4.78 is 5.47. The zero-order valence-corrected chi connectivity index (χ0v) is 23.7. The average molecular weight is 631 g/mol. The molecule has 0 unspecified atom stereocenters. The van der Waals surface area contributed by atoms with E-state index in [1.807, 2.05) is 30.3 Å². The van der Waals surface area contributed by atoms with E-state index >= 15 is 0 Å². The summed E-state index contributed by atoms with van der Waals surface area (Å²) in [5.74, 6) is -1.23. The summed E-state index contributed by atoms with van der Waals surface area (Å²) in [6.07, 6.45) is 2.02. The largest absolute Gasteiger partial charge is 0.480 e. The molecule has 3 aromatic carbocycles. The maximum atomic E-state index is 11.9. The molecule has 3 aromatic rings. The Morgan fingerprint density at radius 1 is 0.878 bits per heavy atom. The topological polar surface area (TPSA) is 174 Å². The third-order valence-corrected chi connectivity index (χ3v) is 6.11. The lowest BCUT2D eigenvalue weighted by Gasteiger charge is -2.17. The van der Waals surface area contributed by atoms with E-state index in [1.54, 1.807) is 24.3 Å². The van der Waals surface area contributed by atoms with E-state index in [9.17, 15) is 34.9 Å². The number of hydrogen-bond donors (Lipinski definition) is 3. The van der Waals surface area contributed by atoms with Gasteiger partial charge in [0.1, 0.15) is 6.04 Å². The van der Waals surface area contributed by atoms with Gasteiger partial charge in [-0.05, 0) is 60.3 Å². The normalized spacial score (nSPS) is 14.5. The molecule has 2 atom stereocenters. The van der Waals surface area contributed by atoms with E-state index in [0.29, 0.717) is 19.6 Å². The molecule has 218 valence electrons. The average Bonchev–Trinajstić information content (AvgIpc) is 3.50. The molecule has 1 aliphatic rings. The van der Waals surface area contributed by atoms with Crippen molar-refractivity contribution in [2.24, 2.45) is 0 Å². The lowest BCUT2D eigenvalue weighted by molar-refractivity contribution is -0.385. The third-order valence-electron chi connectivity index (χ3n) is 6.11. The number of nitro groups is 2. The molecule has 4 rings (SSSR count). The molecule has 1 saturated heterocycles. The second-order valence-corrected chi connectivity index (χ2v) is 9.08. The number of carbonyl (C=O) groups is 2. The Morgan fingerprint density at radius 3 is 1.80 bits per heavy atom. The molecule has 0 aromatic heterocycles. The van der Waals surface area contributed by atoms with E-state index in [2.05, 4.69) is 10.6 Å². The van der Waals surface area contributed by atoms with Crippen molar-refractivity contribution in [1.82, 2.24) is 10.6 Å². The van der Waals surface area contributed by atoms with Crippen molar-refractivity contribution in [3.63, 3.8) is 0 Å². The van der Waals surface area contributed by atoms with Crippen molar-refractivity contribution in [2.45, 2.75) is 44.6 Å². The first-order chi connectivity index (χ1) is 19.2. The minimum atomic E-state index is -1.00. The monoisotopic (exact) mass is 630 g/mol. The third kappa shape index (κ3) is 11.1. The molecular formula is C28H31BrN4O8. The molecule has 1 aliphatic heterocycles. The number of aliphatic carboxylic acids is 1. The van der Waals surface area contributed by atoms with E-state index in [4.69, 9.17) is 4.74 Å². The SMILES string of the molecule is Br.O=C(O)[C@H](Cc1ccccc1)NC(=O)[C@@H]1CCCN1.O=[N+]([O-])c1ccc(COCc2ccc([N+](=O)[O-])cc2)cc1. The second kappa shape index (κ2) is 16.8. The molecule has 0 aliphatic carbocycles. The lowest BCUT2D eigenvalue weighted by atomic mass is 10.1. The highest BCUT2D eigenvalue weighted by Gasteiger charge is 2.27. The minimum Gasteiger partial charge on any atom is -0.480 e.